The summed E-state index contributed by atoms with van der Waals surface area (Å²) in [6.07, 6.45) is 0.774. The summed E-state index contributed by atoms with van der Waals surface area (Å²) >= 11 is 0. The van der Waals surface area contributed by atoms with Crippen LogP contribution in [0.5, 0.6) is 0 Å². The maximum atomic E-state index is 10.2. The van der Waals surface area contributed by atoms with Crippen molar-refractivity contribution in [2.75, 3.05) is 6.61 Å². The molecule has 108 valence electrons. The molecule has 0 aromatic heterocycles. The zero-order valence-electron chi connectivity index (χ0n) is 12.7. The van der Waals surface area contributed by atoms with Crippen molar-refractivity contribution in [3.8, 4) is 0 Å². The Balaban J connectivity index is 0.000000861. The number of nitrogens with one attached hydrogen (secondary N) is 1. The molecule has 3 heteroatoms. The van der Waals surface area contributed by atoms with Crippen molar-refractivity contribution in [2.45, 2.75) is 58.7 Å². The van der Waals surface area contributed by atoms with Crippen molar-refractivity contribution >= 4 is 0 Å². The second-order valence-corrected chi connectivity index (χ2v) is 5.40. The average molecular weight is 265 g/mol. The minimum Gasteiger partial charge on any atom is -0.395 e. The maximum Gasteiger partial charge on any atom is 0.0843 e. The molecule has 1 aliphatic heterocycles. The van der Waals surface area contributed by atoms with E-state index < -0.39 is 5.60 Å². The van der Waals surface area contributed by atoms with Crippen molar-refractivity contribution in [1.82, 2.24) is 5.32 Å². The normalized spacial score (nSPS) is 22.3. The molecule has 1 aliphatic rings. The quantitative estimate of drug-likeness (QED) is 0.770. The lowest BCUT2D eigenvalue weighted by Gasteiger charge is -2.34. The SMILES string of the molecule is CC.CC1N[C@@H](CO)Cc2c1cccc2C(C)(C)O. The van der Waals surface area contributed by atoms with Gasteiger partial charge in [-0.25, -0.2) is 0 Å². The third kappa shape index (κ3) is 3.56. The number of aliphatic hydroxyl groups excluding tert-OH is 1. The summed E-state index contributed by atoms with van der Waals surface area (Å²) in [7, 11) is 0. The molecule has 1 aromatic carbocycles. The van der Waals surface area contributed by atoms with E-state index >= 15 is 0 Å². The van der Waals surface area contributed by atoms with Gasteiger partial charge in [0.25, 0.3) is 0 Å². The van der Waals surface area contributed by atoms with Crippen LogP contribution >= 0.6 is 0 Å². The summed E-state index contributed by atoms with van der Waals surface area (Å²) in [4.78, 5) is 0. The molecule has 0 radical (unpaired) electrons. The van der Waals surface area contributed by atoms with Crippen LogP contribution in [0.15, 0.2) is 18.2 Å². The van der Waals surface area contributed by atoms with Crippen molar-refractivity contribution < 1.29 is 10.2 Å². The number of fused-ring (bicyclic) bond motifs is 1. The van der Waals surface area contributed by atoms with Gasteiger partial charge in [-0.15, -0.1) is 0 Å². The highest BCUT2D eigenvalue weighted by Gasteiger charge is 2.29. The molecule has 2 rings (SSSR count). The van der Waals surface area contributed by atoms with E-state index in [1.165, 1.54) is 11.1 Å². The van der Waals surface area contributed by atoms with Crippen LogP contribution in [0.3, 0.4) is 0 Å². The Morgan fingerprint density at radius 2 is 1.95 bits per heavy atom. The minimum absolute atomic E-state index is 0.0843. The molecule has 0 aliphatic carbocycles. The molecular formula is C16H27NO2. The molecule has 0 fully saturated rings. The van der Waals surface area contributed by atoms with E-state index in [1.807, 2.05) is 39.8 Å². The molecule has 0 saturated heterocycles. The van der Waals surface area contributed by atoms with Crippen LogP contribution in [0.25, 0.3) is 0 Å². The molecule has 3 nitrogen and oxygen atoms in total. The smallest absolute Gasteiger partial charge is 0.0843 e. The first-order valence-corrected chi connectivity index (χ1v) is 7.15. The zero-order valence-corrected chi connectivity index (χ0v) is 12.7. The maximum absolute atomic E-state index is 10.2. The van der Waals surface area contributed by atoms with Gasteiger partial charge in [0.2, 0.25) is 0 Å². The molecule has 1 heterocycles. The Morgan fingerprint density at radius 3 is 2.47 bits per heavy atom. The molecule has 0 bridgehead atoms. The van der Waals surface area contributed by atoms with E-state index in [-0.39, 0.29) is 18.7 Å². The fraction of sp³-hybridized carbons (Fsp3) is 0.625. The fourth-order valence-electron chi connectivity index (χ4n) is 2.68. The van der Waals surface area contributed by atoms with Gasteiger partial charge < -0.3 is 15.5 Å². The highest BCUT2D eigenvalue weighted by Crippen LogP contribution is 2.33. The second-order valence-electron chi connectivity index (χ2n) is 5.40. The Labute approximate surface area is 116 Å². The Hall–Kier alpha value is -0.900. The first-order valence-electron chi connectivity index (χ1n) is 7.15. The molecule has 0 spiro atoms. The van der Waals surface area contributed by atoms with Crippen LogP contribution < -0.4 is 5.32 Å². The summed E-state index contributed by atoms with van der Waals surface area (Å²) in [6, 6.07) is 6.37. The number of benzene rings is 1. The molecule has 0 saturated carbocycles. The van der Waals surface area contributed by atoms with E-state index in [0.29, 0.717) is 0 Å². The number of hydrogen-bond donors (Lipinski definition) is 3. The predicted molar refractivity (Wildman–Crippen MR) is 79.2 cm³/mol. The van der Waals surface area contributed by atoms with Crippen molar-refractivity contribution in [3.05, 3.63) is 34.9 Å². The van der Waals surface area contributed by atoms with Crippen LogP contribution in [0.2, 0.25) is 0 Å². The lowest BCUT2D eigenvalue weighted by molar-refractivity contribution is 0.0767. The van der Waals surface area contributed by atoms with E-state index in [0.717, 1.165) is 12.0 Å². The Kier molecular flexibility index (Phi) is 5.53. The molecule has 2 atom stereocenters. The van der Waals surface area contributed by atoms with Gasteiger partial charge in [-0.1, -0.05) is 32.0 Å². The van der Waals surface area contributed by atoms with Gasteiger partial charge in [0, 0.05) is 12.1 Å². The van der Waals surface area contributed by atoms with Gasteiger partial charge in [-0.2, -0.15) is 0 Å². The van der Waals surface area contributed by atoms with E-state index in [1.54, 1.807) is 0 Å². The van der Waals surface area contributed by atoms with Gasteiger partial charge >= 0.3 is 0 Å². The van der Waals surface area contributed by atoms with Crippen LogP contribution in [-0.4, -0.2) is 22.9 Å². The van der Waals surface area contributed by atoms with Crippen LogP contribution in [0.1, 0.15) is 57.4 Å². The summed E-state index contributed by atoms with van der Waals surface area (Å²) in [5.74, 6) is 0. The van der Waals surface area contributed by atoms with Gasteiger partial charge in [0.05, 0.1) is 12.2 Å². The number of hydrogen-bond acceptors (Lipinski definition) is 3. The van der Waals surface area contributed by atoms with Gasteiger partial charge in [0.1, 0.15) is 0 Å². The largest absolute Gasteiger partial charge is 0.395 e. The second kappa shape index (κ2) is 6.51. The molecule has 1 aromatic rings. The molecular weight excluding hydrogens is 238 g/mol. The third-order valence-electron chi connectivity index (χ3n) is 3.49. The Morgan fingerprint density at radius 1 is 1.32 bits per heavy atom. The predicted octanol–water partition coefficient (Wildman–Crippen LogP) is 2.51. The topological polar surface area (TPSA) is 52.5 Å². The van der Waals surface area contributed by atoms with Gasteiger partial charge in [-0.05, 0) is 43.9 Å². The van der Waals surface area contributed by atoms with Gasteiger partial charge in [-0.3, -0.25) is 0 Å². The van der Waals surface area contributed by atoms with Crippen LogP contribution in [0, 0.1) is 0 Å². The van der Waals surface area contributed by atoms with Crippen molar-refractivity contribution in [1.29, 1.82) is 0 Å². The average Bonchev–Trinajstić information content (AvgIpc) is 2.39. The lowest BCUT2D eigenvalue weighted by Crippen LogP contribution is -2.41. The standard InChI is InChI=1S/C14H21NO2.C2H6/c1-9-11-5-4-6-13(14(2,3)17)12(11)7-10(8-16)15-9;1-2/h4-6,9-10,15-17H,7-8H2,1-3H3;1-2H3/t9?,10-;/m1./s1. The highest BCUT2D eigenvalue weighted by molar-refractivity contribution is 5.42. The van der Waals surface area contributed by atoms with E-state index in [4.69, 9.17) is 0 Å². The summed E-state index contributed by atoms with van der Waals surface area (Å²) in [5, 5.41) is 22.9. The number of aliphatic hydroxyl groups is 2. The first-order chi connectivity index (χ1) is 8.93. The molecule has 0 amide bonds. The summed E-state index contributed by atoms with van der Waals surface area (Å²) < 4.78 is 0. The van der Waals surface area contributed by atoms with E-state index in [9.17, 15) is 10.2 Å². The monoisotopic (exact) mass is 265 g/mol. The summed E-state index contributed by atoms with van der Waals surface area (Å²) in [5.41, 5.74) is 2.56. The lowest BCUT2D eigenvalue weighted by atomic mass is 9.82. The summed E-state index contributed by atoms with van der Waals surface area (Å²) in [6.45, 7) is 9.84. The fourth-order valence-corrected chi connectivity index (χ4v) is 2.68. The third-order valence-corrected chi connectivity index (χ3v) is 3.49. The molecule has 1 unspecified atom stereocenters. The minimum atomic E-state index is -0.831. The van der Waals surface area contributed by atoms with Crippen molar-refractivity contribution in [3.63, 3.8) is 0 Å². The van der Waals surface area contributed by atoms with Crippen molar-refractivity contribution in [2.24, 2.45) is 0 Å². The first kappa shape index (κ1) is 16.2. The number of rotatable bonds is 2. The molecule has 19 heavy (non-hydrogen) atoms. The zero-order chi connectivity index (χ0) is 14.6. The van der Waals surface area contributed by atoms with Crippen LogP contribution in [0.4, 0.5) is 0 Å². The highest BCUT2D eigenvalue weighted by atomic mass is 16.3. The van der Waals surface area contributed by atoms with Gasteiger partial charge in [0.15, 0.2) is 0 Å². The Bertz CT molecular complexity index is 410. The van der Waals surface area contributed by atoms with E-state index in [2.05, 4.69) is 18.3 Å². The molecule has 3 N–H and O–H groups in total. The van der Waals surface area contributed by atoms with Crippen LogP contribution in [-0.2, 0) is 12.0 Å².